The zero-order valence-corrected chi connectivity index (χ0v) is 10.6. The molecule has 1 aromatic rings. The molecule has 0 aliphatic heterocycles. The Kier molecular flexibility index (Phi) is 3.78. The second-order valence-electron chi connectivity index (χ2n) is 4.60. The summed E-state index contributed by atoms with van der Waals surface area (Å²) in [5, 5.41) is 3.36. The Morgan fingerprint density at radius 1 is 1.29 bits per heavy atom. The van der Waals surface area contributed by atoms with Gasteiger partial charge in [-0.15, -0.1) is 0 Å². The van der Waals surface area contributed by atoms with E-state index in [1.807, 2.05) is 6.92 Å². The zero-order chi connectivity index (χ0) is 12.3. The van der Waals surface area contributed by atoms with Crippen molar-refractivity contribution >= 4 is 11.6 Å². The molecule has 0 bridgehead atoms. The van der Waals surface area contributed by atoms with E-state index in [-0.39, 0.29) is 0 Å². The Hall–Kier alpha value is -1.36. The van der Waals surface area contributed by atoms with Crippen LogP contribution in [0.15, 0.2) is 0 Å². The van der Waals surface area contributed by atoms with Crippen molar-refractivity contribution in [1.29, 1.82) is 0 Å². The highest BCUT2D eigenvalue weighted by molar-refractivity contribution is 5.57. The normalized spacial score (nSPS) is 14.8. The van der Waals surface area contributed by atoms with Crippen LogP contribution in [-0.4, -0.2) is 16.5 Å². The first-order chi connectivity index (χ1) is 8.26. The highest BCUT2D eigenvalue weighted by atomic mass is 15.3. The highest BCUT2D eigenvalue weighted by Gasteiger charge is 2.28. The first-order valence-corrected chi connectivity index (χ1v) is 6.35. The van der Waals surface area contributed by atoms with Gasteiger partial charge < -0.3 is 10.7 Å². The van der Waals surface area contributed by atoms with Gasteiger partial charge in [-0.3, -0.25) is 0 Å². The van der Waals surface area contributed by atoms with Crippen LogP contribution >= 0.6 is 0 Å². The van der Waals surface area contributed by atoms with E-state index in [9.17, 15) is 0 Å². The molecular formula is C12H21N5. The van der Waals surface area contributed by atoms with E-state index in [1.54, 1.807) is 0 Å². The van der Waals surface area contributed by atoms with Crippen LogP contribution < -0.4 is 16.6 Å². The number of nitrogen functional groups attached to an aromatic ring is 1. The van der Waals surface area contributed by atoms with Gasteiger partial charge in [0.05, 0.1) is 0 Å². The number of nitrogens with zero attached hydrogens (tertiary/aromatic N) is 2. The fourth-order valence-electron chi connectivity index (χ4n) is 1.75. The lowest BCUT2D eigenvalue weighted by atomic mass is 10.2. The Bertz CT molecular complexity index is 387. The number of hydrazine groups is 1. The highest BCUT2D eigenvalue weighted by Crippen LogP contribution is 2.39. The predicted molar refractivity (Wildman–Crippen MR) is 70.0 cm³/mol. The van der Waals surface area contributed by atoms with Gasteiger partial charge in [0.25, 0.3) is 0 Å². The third-order valence-corrected chi connectivity index (χ3v) is 3.07. The quantitative estimate of drug-likeness (QED) is 0.400. The van der Waals surface area contributed by atoms with Gasteiger partial charge in [-0.2, -0.15) is 0 Å². The Labute approximate surface area is 102 Å². The molecule has 5 heteroatoms. The average Bonchev–Trinajstić information content (AvgIpc) is 3.15. The first kappa shape index (κ1) is 12.1. The third-order valence-electron chi connectivity index (χ3n) is 3.07. The molecular weight excluding hydrogens is 214 g/mol. The molecule has 94 valence electrons. The van der Waals surface area contributed by atoms with E-state index in [2.05, 4.69) is 27.6 Å². The lowest BCUT2D eigenvalue weighted by Gasteiger charge is -2.13. The summed E-state index contributed by atoms with van der Waals surface area (Å²) in [6.07, 6.45) is 4.71. The molecule has 0 unspecified atom stereocenters. The van der Waals surface area contributed by atoms with Gasteiger partial charge >= 0.3 is 0 Å². The fourth-order valence-corrected chi connectivity index (χ4v) is 1.75. The summed E-state index contributed by atoms with van der Waals surface area (Å²) in [6.45, 7) is 5.11. The third kappa shape index (κ3) is 2.85. The Morgan fingerprint density at radius 3 is 2.59 bits per heavy atom. The van der Waals surface area contributed by atoms with Gasteiger partial charge in [0.2, 0.25) is 0 Å². The number of anilines is 2. The summed E-state index contributed by atoms with van der Waals surface area (Å²) in [5.41, 5.74) is 3.65. The summed E-state index contributed by atoms with van der Waals surface area (Å²) in [4.78, 5) is 9.05. The molecule has 0 aromatic carbocycles. The SMILES string of the molecule is CCCCNc1nc(C2CC2)nc(NN)c1C. The maximum Gasteiger partial charge on any atom is 0.148 e. The average molecular weight is 235 g/mol. The number of nitrogens with one attached hydrogen (secondary N) is 2. The summed E-state index contributed by atoms with van der Waals surface area (Å²) < 4.78 is 0. The molecule has 0 atom stereocenters. The van der Waals surface area contributed by atoms with E-state index in [4.69, 9.17) is 5.84 Å². The van der Waals surface area contributed by atoms with E-state index in [0.29, 0.717) is 5.92 Å². The number of hydrogen-bond donors (Lipinski definition) is 3. The lowest BCUT2D eigenvalue weighted by molar-refractivity contribution is 0.824. The molecule has 0 radical (unpaired) electrons. The van der Waals surface area contributed by atoms with E-state index in [0.717, 1.165) is 36.0 Å². The van der Waals surface area contributed by atoms with Gasteiger partial charge in [-0.25, -0.2) is 15.8 Å². The van der Waals surface area contributed by atoms with Crippen LogP contribution in [0.25, 0.3) is 0 Å². The number of aromatic nitrogens is 2. The summed E-state index contributed by atoms with van der Waals surface area (Å²) in [5.74, 6) is 8.61. The molecule has 0 spiro atoms. The Morgan fingerprint density at radius 2 is 2.00 bits per heavy atom. The number of hydrogen-bond acceptors (Lipinski definition) is 5. The zero-order valence-electron chi connectivity index (χ0n) is 10.6. The standard InChI is InChI=1S/C12H21N5/c1-3-4-7-14-10-8(2)11(17-13)16-12(15-10)9-5-6-9/h9H,3-7,13H2,1-2H3,(H2,14,15,16,17). The van der Waals surface area contributed by atoms with E-state index >= 15 is 0 Å². The number of nitrogens with two attached hydrogens (primary N) is 1. The van der Waals surface area contributed by atoms with Gasteiger partial charge in [0, 0.05) is 18.0 Å². The molecule has 1 saturated carbocycles. The summed E-state index contributed by atoms with van der Waals surface area (Å²) >= 11 is 0. The molecule has 1 fully saturated rings. The van der Waals surface area contributed by atoms with Crippen LogP contribution in [0.2, 0.25) is 0 Å². The monoisotopic (exact) mass is 235 g/mol. The molecule has 5 nitrogen and oxygen atoms in total. The van der Waals surface area contributed by atoms with Crippen molar-refractivity contribution in [1.82, 2.24) is 9.97 Å². The van der Waals surface area contributed by atoms with Crippen LogP contribution in [0.4, 0.5) is 11.6 Å². The lowest BCUT2D eigenvalue weighted by Crippen LogP contribution is -2.15. The largest absolute Gasteiger partial charge is 0.370 e. The second kappa shape index (κ2) is 5.31. The van der Waals surface area contributed by atoms with E-state index < -0.39 is 0 Å². The van der Waals surface area contributed by atoms with Gasteiger partial charge in [0.1, 0.15) is 17.5 Å². The molecule has 1 aliphatic carbocycles. The van der Waals surface area contributed by atoms with Gasteiger partial charge in [-0.05, 0) is 26.2 Å². The molecule has 0 saturated heterocycles. The van der Waals surface area contributed by atoms with Crippen molar-refractivity contribution in [3.8, 4) is 0 Å². The second-order valence-corrected chi connectivity index (χ2v) is 4.60. The molecule has 4 N–H and O–H groups in total. The minimum absolute atomic E-state index is 0.537. The number of rotatable bonds is 6. The van der Waals surface area contributed by atoms with Crippen molar-refractivity contribution in [2.45, 2.75) is 45.4 Å². The van der Waals surface area contributed by atoms with Crippen molar-refractivity contribution in [3.05, 3.63) is 11.4 Å². The van der Waals surface area contributed by atoms with Gasteiger partial charge in [-0.1, -0.05) is 13.3 Å². The maximum atomic E-state index is 5.50. The van der Waals surface area contributed by atoms with Crippen LogP contribution in [-0.2, 0) is 0 Å². The van der Waals surface area contributed by atoms with E-state index in [1.165, 1.54) is 19.3 Å². The molecule has 1 aromatic heterocycles. The predicted octanol–water partition coefficient (Wildman–Crippen LogP) is 2.16. The summed E-state index contributed by atoms with van der Waals surface area (Å²) in [7, 11) is 0. The molecule has 2 rings (SSSR count). The van der Waals surface area contributed by atoms with Crippen LogP contribution in [0.5, 0.6) is 0 Å². The molecule has 0 amide bonds. The van der Waals surface area contributed by atoms with Gasteiger partial charge in [0.15, 0.2) is 0 Å². The van der Waals surface area contributed by atoms with Crippen molar-refractivity contribution < 1.29 is 0 Å². The molecule has 1 aliphatic rings. The maximum absolute atomic E-state index is 5.50. The molecule has 1 heterocycles. The Balaban J connectivity index is 2.18. The van der Waals surface area contributed by atoms with Crippen LogP contribution in [0, 0.1) is 6.92 Å². The fraction of sp³-hybridized carbons (Fsp3) is 0.667. The van der Waals surface area contributed by atoms with Crippen LogP contribution in [0.3, 0.4) is 0 Å². The van der Waals surface area contributed by atoms with Crippen molar-refractivity contribution in [2.75, 3.05) is 17.3 Å². The van der Waals surface area contributed by atoms with Crippen molar-refractivity contribution in [3.63, 3.8) is 0 Å². The van der Waals surface area contributed by atoms with Crippen molar-refractivity contribution in [2.24, 2.45) is 5.84 Å². The number of unbranched alkanes of at least 4 members (excludes halogenated alkanes) is 1. The smallest absolute Gasteiger partial charge is 0.148 e. The van der Waals surface area contributed by atoms with Crippen LogP contribution in [0.1, 0.15) is 49.9 Å². The molecule has 17 heavy (non-hydrogen) atoms. The topological polar surface area (TPSA) is 75.9 Å². The first-order valence-electron chi connectivity index (χ1n) is 6.35. The minimum Gasteiger partial charge on any atom is -0.370 e. The minimum atomic E-state index is 0.537. The summed E-state index contributed by atoms with van der Waals surface area (Å²) in [6, 6.07) is 0.